The van der Waals surface area contributed by atoms with E-state index in [1.54, 1.807) is 13.3 Å². The summed E-state index contributed by atoms with van der Waals surface area (Å²) in [6, 6.07) is 0.862. The van der Waals surface area contributed by atoms with Gasteiger partial charge < -0.3 is 24.7 Å². The first-order valence-electron chi connectivity index (χ1n) is 12.6. The van der Waals surface area contributed by atoms with E-state index in [-0.39, 0.29) is 29.2 Å². The average molecular weight is 537 g/mol. The molecular formula is C25H29F3N5O5. The molecule has 2 saturated heterocycles. The summed E-state index contributed by atoms with van der Waals surface area (Å²) >= 11 is 0. The smallest absolute Gasteiger partial charge is 0.219 e. The minimum atomic E-state index is -1.58. The molecule has 1 aromatic heterocycles. The fourth-order valence-electron chi connectivity index (χ4n) is 5.31. The van der Waals surface area contributed by atoms with Gasteiger partial charge in [-0.3, -0.25) is 4.79 Å². The van der Waals surface area contributed by atoms with Gasteiger partial charge in [0.05, 0.1) is 30.7 Å². The zero-order valence-corrected chi connectivity index (χ0v) is 20.7. The number of carbonyl (C=O) groups excluding carboxylic acids is 1. The molecule has 2 N–H and O–H groups in total. The summed E-state index contributed by atoms with van der Waals surface area (Å²) in [5.41, 5.74) is 0.856. The van der Waals surface area contributed by atoms with Gasteiger partial charge in [0.1, 0.15) is 24.0 Å². The Labute approximate surface area is 217 Å². The first-order chi connectivity index (χ1) is 18.2. The Morgan fingerprint density at radius 3 is 2.55 bits per heavy atom. The van der Waals surface area contributed by atoms with Gasteiger partial charge in [-0.05, 0) is 25.0 Å². The lowest BCUT2D eigenvalue weighted by molar-refractivity contribution is -0.130. The molecule has 5 rings (SSSR count). The molecule has 1 radical (unpaired) electrons. The van der Waals surface area contributed by atoms with Crippen molar-refractivity contribution in [1.82, 2.24) is 19.9 Å². The fraction of sp³-hybridized carbons (Fsp3) is 0.560. The number of amides is 1. The quantitative estimate of drug-likeness (QED) is 0.542. The summed E-state index contributed by atoms with van der Waals surface area (Å²) < 4.78 is 47.9. The van der Waals surface area contributed by atoms with E-state index in [4.69, 9.17) is 9.57 Å². The number of rotatable bonds is 6. The number of hydrogen-bond donors (Lipinski definition) is 2. The van der Waals surface area contributed by atoms with E-state index in [1.165, 1.54) is 10.9 Å². The van der Waals surface area contributed by atoms with Gasteiger partial charge >= 0.3 is 0 Å². The van der Waals surface area contributed by atoms with Crippen LogP contribution < -0.4 is 0 Å². The van der Waals surface area contributed by atoms with Gasteiger partial charge in [0.15, 0.2) is 17.5 Å². The second-order valence-electron chi connectivity index (χ2n) is 9.96. The van der Waals surface area contributed by atoms with Gasteiger partial charge in [-0.15, -0.1) is 5.10 Å². The number of halogens is 3. The molecule has 0 saturated carbocycles. The summed E-state index contributed by atoms with van der Waals surface area (Å²) in [5.74, 6) is -3.92. The minimum absolute atomic E-state index is 0.0119. The summed E-state index contributed by atoms with van der Waals surface area (Å²) in [6.07, 6.45) is 3.07. The molecule has 0 aliphatic carbocycles. The van der Waals surface area contributed by atoms with Crippen LogP contribution in [0, 0.1) is 29.8 Å². The predicted octanol–water partition coefficient (Wildman–Crippen LogP) is 2.02. The predicted molar refractivity (Wildman–Crippen MR) is 127 cm³/mol. The second-order valence-corrected chi connectivity index (χ2v) is 9.96. The zero-order valence-electron chi connectivity index (χ0n) is 20.7. The van der Waals surface area contributed by atoms with Crippen molar-refractivity contribution in [2.24, 2.45) is 11.1 Å². The molecule has 13 heteroatoms. The molecule has 2 aromatic rings. The summed E-state index contributed by atoms with van der Waals surface area (Å²) in [4.78, 5) is 19.1. The van der Waals surface area contributed by atoms with Crippen LogP contribution in [0.3, 0.4) is 0 Å². The Morgan fingerprint density at radius 2 is 1.89 bits per heavy atom. The van der Waals surface area contributed by atoms with E-state index in [9.17, 15) is 28.2 Å². The largest absolute Gasteiger partial charge is 0.394 e. The van der Waals surface area contributed by atoms with Crippen LogP contribution >= 0.6 is 0 Å². The zero-order chi connectivity index (χ0) is 27.0. The van der Waals surface area contributed by atoms with Gasteiger partial charge in [0.25, 0.3) is 0 Å². The minimum Gasteiger partial charge on any atom is -0.394 e. The Kier molecular flexibility index (Phi) is 7.68. The van der Waals surface area contributed by atoms with E-state index in [2.05, 4.69) is 15.5 Å². The van der Waals surface area contributed by atoms with Crippen molar-refractivity contribution in [3.63, 3.8) is 0 Å². The first kappa shape index (κ1) is 26.6. The number of aliphatic hydroxyl groups excluding tert-OH is 2. The second kappa shape index (κ2) is 11.0. The van der Waals surface area contributed by atoms with Crippen LogP contribution in [0.5, 0.6) is 0 Å². The molecule has 1 aromatic carbocycles. The summed E-state index contributed by atoms with van der Waals surface area (Å²) in [6.45, 7) is 2.52. The number of oxime groups is 1. The lowest BCUT2D eigenvalue weighted by atomic mass is 9.87. The van der Waals surface area contributed by atoms with E-state index < -0.39 is 48.4 Å². The number of likely N-dealkylation sites (tertiary alicyclic amines) is 1. The highest BCUT2D eigenvalue weighted by Gasteiger charge is 2.41. The highest BCUT2D eigenvalue weighted by molar-refractivity contribution is 5.86. The van der Waals surface area contributed by atoms with Crippen LogP contribution in [0.15, 0.2) is 23.5 Å². The van der Waals surface area contributed by atoms with Crippen molar-refractivity contribution in [2.45, 2.75) is 63.1 Å². The van der Waals surface area contributed by atoms with Crippen molar-refractivity contribution in [3.05, 3.63) is 42.2 Å². The molecule has 3 aliphatic heterocycles. The molecule has 0 bridgehead atoms. The monoisotopic (exact) mass is 536 g/mol. The maximum Gasteiger partial charge on any atom is 0.219 e. The molecular weight excluding hydrogens is 507 g/mol. The molecule has 3 aliphatic rings. The van der Waals surface area contributed by atoms with E-state index >= 15 is 0 Å². The standard InChI is InChI=1S/C25H29F3N5O5/c1-13(35)32-4-2-14(3-5-32)22-9-16(30-38-22)8-17-10-21(25(36)23(12-34)37-17)33-11-20(29-31-33)15-6-18(26)24(28)19(27)7-15/h6-7,10-11,14,17,21-23,25,34,36H,2-5,8-9,12H2,1H3/t17-,21-,22?,23+,25+/m0/s1. The van der Waals surface area contributed by atoms with Crippen LogP contribution in [0.1, 0.15) is 38.6 Å². The highest BCUT2D eigenvalue weighted by atomic mass is 19.2. The first-order valence-corrected chi connectivity index (χ1v) is 12.6. The number of nitrogens with zero attached hydrogens (tertiary/aromatic N) is 5. The van der Waals surface area contributed by atoms with Crippen molar-refractivity contribution in [2.75, 3.05) is 19.7 Å². The van der Waals surface area contributed by atoms with Gasteiger partial charge in [0, 0.05) is 50.8 Å². The van der Waals surface area contributed by atoms with Crippen LogP contribution in [-0.4, -0.2) is 85.8 Å². The Morgan fingerprint density at radius 1 is 1.18 bits per heavy atom. The number of carbonyl (C=O) groups is 1. The van der Waals surface area contributed by atoms with Crippen LogP contribution in [0.4, 0.5) is 13.2 Å². The van der Waals surface area contributed by atoms with Crippen molar-refractivity contribution in [3.8, 4) is 11.3 Å². The highest BCUT2D eigenvalue weighted by Crippen LogP contribution is 2.34. The van der Waals surface area contributed by atoms with E-state index in [0.29, 0.717) is 25.9 Å². The molecule has 0 spiro atoms. The summed E-state index contributed by atoms with van der Waals surface area (Å²) in [7, 11) is 0. The van der Waals surface area contributed by atoms with Crippen molar-refractivity contribution < 1.29 is 37.8 Å². The summed E-state index contributed by atoms with van der Waals surface area (Å²) in [5, 5.41) is 32.7. The normalized spacial score (nSPS) is 28.3. The van der Waals surface area contributed by atoms with Crippen molar-refractivity contribution >= 4 is 11.6 Å². The maximum atomic E-state index is 13.7. The molecule has 5 atom stereocenters. The molecule has 2 fully saturated rings. The number of piperidine rings is 1. The number of hydrogen-bond acceptors (Lipinski definition) is 8. The fourth-order valence-corrected chi connectivity index (χ4v) is 5.31. The number of aromatic nitrogens is 3. The Hall–Kier alpha value is -3.03. The van der Waals surface area contributed by atoms with Crippen LogP contribution in [-0.2, 0) is 14.4 Å². The molecule has 205 valence electrons. The molecule has 1 unspecified atom stereocenters. The topological polar surface area (TPSA) is 122 Å². The van der Waals surface area contributed by atoms with Gasteiger partial charge in [-0.2, -0.15) is 0 Å². The third-order valence-corrected chi connectivity index (χ3v) is 7.47. The lowest BCUT2D eigenvalue weighted by Crippen LogP contribution is -2.48. The Balaban J connectivity index is 1.24. The lowest BCUT2D eigenvalue weighted by Gasteiger charge is -2.38. The van der Waals surface area contributed by atoms with Gasteiger partial charge in [0.2, 0.25) is 5.91 Å². The van der Waals surface area contributed by atoms with Gasteiger partial charge in [-0.1, -0.05) is 10.4 Å². The average Bonchev–Trinajstić information content (AvgIpc) is 3.58. The third kappa shape index (κ3) is 5.40. The maximum absolute atomic E-state index is 13.7. The third-order valence-electron chi connectivity index (χ3n) is 7.47. The Bertz CT molecular complexity index is 1180. The number of ether oxygens (including phenoxy) is 1. The molecule has 10 nitrogen and oxygen atoms in total. The molecule has 4 heterocycles. The molecule has 1 amide bonds. The number of benzene rings is 1. The van der Waals surface area contributed by atoms with Crippen LogP contribution in [0.2, 0.25) is 0 Å². The van der Waals surface area contributed by atoms with Crippen molar-refractivity contribution in [1.29, 1.82) is 0 Å². The SMILES string of the molecule is CC(=O)N1CCC(C2CC(C[C@H]3[CH][C@H](n4cc(-c5cc(F)c(F)c(F)c5)nn4)[C@@H](O)[C@@H](CO)O3)=NO2)CC1. The van der Waals surface area contributed by atoms with Gasteiger partial charge in [-0.25, -0.2) is 17.9 Å². The van der Waals surface area contributed by atoms with E-state index in [0.717, 1.165) is 30.7 Å². The van der Waals surface area contributed by atoms with Crippen LogP contribution in [0.25, 0.3) is 11.3 Å². The van der Waals surface area contributed by atoms with E-state index in [1.807, 2.05) is 4.90 Å². The number of aliphatic hydroxyl groups is 2. The molecule has 38 heavy (non-hydrogen) atoms.